The predicted molar refractivity (Wildman–Crippen MR) is 91.3 cm³/mol. The van der Waals surface area contributed by atoms with Crippen molar-refractivity contribution in [3.8, 4) is 16.9 Å². The number of hydrogen-bond donors (Lipinski definition) is 2. The molecule has 1 aromatic carbocycles. The molecule has 24 heavy (non-hydrogen) atoms. The summed E-state index contributed by atoms with van der Waals surface area (Å²) < 4.78 is 6.47. The van der Waals surface area contributed by atoms with Crippen LogP contribution >= 0.6 is 0 Å². The minimum absolute atomic E-state index is 0.0829. The molecule has 0 amide bonds. The highest BCUT2D eigenvalue weighted by atomic mass is 16.5. The first kappa shape index (κ1) is 16.1. The number of pyridine rings is 1. The van der Waals surface area contributed by atoms with Gasteiger partial charge >= 0.3 is 5.97 Å². The predicted octanol–water partition coefficient (Wildman–Crippen LogP) is 2.15. The molecule has 126 valence electrons. The van der Waals surface area contributed by atoms with Gasteiger partial charge in [0.05, 0.1) is 18.4 Å². The van der Waals surface area contributed by atoms with Crippen LogP contribution in [0.3, 0.4) is 0 Å². The van der Waals surface area contributed by atoms with Gasteiger partial charge in [0.2, 0.25) is 0 Å². The van der Waals surface area contributed by atoms with Crippen molar-refractivity contribution in [1.29, 1.82) is 0 Å². The molecule has 1 aromatic heterocycles. The Labute approximate surface area is 139 Å². The van der Waals surface area contributed by atoms with Crippen molar-refractivity contribution < 1.29 is 14.6 Å². The molecule has 3 N–H and O–H groups in total. The first-order chi connectivity index (χ1) is 11.4. The Bertz CT molecular complexity index is 912. The summed E-state index contributed by atoms with van der Waals surface area (Å²) in [5, 5.41) is 10.0. The number of carbonyl (C=O) groups is 1. The third-order valence-electron chi connectivity index (χ3n) is 4.69. The highest BCUT2D eigenvalue weighted by molar-refractivity contribution is 6.01. The van der Waals surface area contributed by atoms with E-state index in [2.05, 4.69) is 0 Å². The zero-order chi connectivity index (χ0) is 17.6. The van der Waals surface area contributed by atoms with Gasteiger partial charge in [-0.3, -0.25) is 4.79 Å². The molecule has 0 saturated heterocycles. The van der Waals surface area contributed by atoms with Gasteiger partial charge in [0.25, 0.3) is 5.56 Å². The van der Waals surface area contributed by atoms with Gasteiger partial charge in [0, 0.05) is 12.2 Å². The average molecular weight is 328 g/mol. The van der Waals surface area contributed by atoms with E-state index in [9.17, 15) is 14.7 Å². The van der Waals surface area contributed by atoms with Crippen LogP contribution in [0.4, 0.5) is 5.69 Å². The number of rotatable bonds is 2. The molecule has 2 aromatic rings. The van der Waals surface area contributed by atoms with Gasteiger partial charge in [-0.25, -0.2) is 4.79 Å². The lowest BCUT2D eigenvalue weighted by molar-refractivity contribution is 0.0600. The first-order valence-electron chi connectivity index (χ1n) is 7.81. The number of phenols is 1. The van der Waals surface area contributed by atoms with E-state index in [1.54, 1.807) is 23.6 Å². The zero-order valence-corrected chi connectivity index (χ0v) is 14.0. The number of esters is 1. The Morgan fingerprint density at radius 3 is 2.67 bits per heavy atom. The summed E-state index contributed by atoms with van der Waals surface area (Å²) in [7, 11) is 1.30. The minimum Gasteiger partial charge on any atom is -0.508 e. The van der Waals surface area contributed by atoms with Gasteiger partial charge in [0.15, 0.2) is 0 Å². The van der Waals surface area contributed by atoms with Crippen molar-refractivity contribution in [2.24, 2.45) is 0 Å². The van der Waals surface area contributed by atoms with Crippen LogP contribution in [0.1, 0.15) is 33.6 Å². The Morgan fingerprint density at radius 2 is 2.00 bits per heavy atom. The van der Waals surface area contributed by atoms with Gasteiger partial charge in [-0.2, -0.15) is 0 Å². The number of nitrogen functional groups attached to an aromatic ring is 1. The number of carbonyl (C=O) groups excluding carboxylic acids is 1. The fourth-order valence-electron chi connectivity index (χ4n) is 3.48. The van der Waals surface area contributed by atoms with Crippen molar-refractivity contribution >= 4 is 11.7 Å². The number of anilines is 1. The highest BCUT2D eigenvalue weighted by Crippen LogP contribution is 2.37. The molecule has 0 bridgehead atoms. The Hall–Kier alpha value is -2.76. The van der Waals surface area contributed by atoms with E-state index in [0.29, 0.717) is 29.8 Å². The lowest BCUT2D eigenvalue weighted by atomic mass is 9.92. The van der Waals surface area contributed by atoms with Crippen LogP contribution in [-0.4, -0.2) is 22.8 Å². The van der Waals surface area contributed by atoms with Crippen LogP contribution in [0.2, 0.25) is 0 Å². The van der Waals surface area contributed by atoms with Crippen LogP contribution in [0.25, 0.3) is 11.1 Å². The molecule has 0 spiro atoms. The third kappa shape index (κ3) is 2.18. The van der Waals surface area contributed by atoms with Crippen molar-refractivity contribution in [2.45, 2.75) is 33.2 Å². The Morgan fingerprint density at radius 1 is 1.29 bits per heavy atom. The second-order valence-corrected chi connectivity index (χ2v) is 6.06. The third-order valence-corrected chi connectivity index (χ3v) is 4.69. The summed E-state index contributed by atoms with van der Waals surface area (Å²) in [5.74, 6) is -0.464. The van der Waals surface area contributed by atoms with Crippen LogP contribution in [0.15, 0.2) is 16.9 Å². The van der Waals surface area contributed by atoms with Crippen molar-refractivity contribution in [1.82, 2.24) is 4.57 Å². The second-order valence-electron chi connectivity index (χ2n) is 6.06. The number of nitrogens with two attached hydrogens (primary N) is 1. The van der Waals surface area contributed by atoms with Gasteiger partial charge in [-0.1, -0.05) is 6.07 Å². The van der Waals surface area contributed by atoms with Gasteiger partial charge in [-0.05, 0) is 49.4 Å². The number of methoxy groups -OCH3 is 1. The molecule has 0 aliphatic carbocycles. The lowest BCUT2D eigenvalue weighted by Crippen LogP contribution is -2.27. The second kappa shape index (κ2) is 5.70. The van der Waals surface area contributed by atoms with Crippen LogP contribution < -0.4 is 11.3 Å². The maximum atomic E-state index is 13.0. The monoisotopic (exact) mass is 328 g/mol. The number of benzene rings is 1. The molecular weight excluding hydrogens is 308 g/mol. The van der Waals surface area contributed by atoms with Crippen LogP contribution in [0.5, 0.6) is 5.75 Å². The molecule has 6 heteroatoms. The first-order valence-corrected chi connectivity index (χ1v) is 7.81. The van der Waals surface area contributed by atoms with E-state index in [1.165, 1.54) is 7.11 Å². The van der Waals surface area contributed by atoms with E-state index in [1.807, 2.05) is 6.92 Å². The van der Waals surface area contributed by atoms with Crippen LogP contribution in [-0.2, 0) is 17.7 Å². The Kier molecular flexibility index (Phi) is 3.83. The van der Waals surface area contributed by atoms with E-state index in [4.69, 9.17) is 10.5 Å². The lowest BCUT2D eigenvalue weighted by Gasteiger charge is -2.18. The summed E-state index contributed by atoms with van der Waals surface area (Å²) in [4.78, 5) is 25.3. The minimum atomic E-state index is -0.546. The van der Waals surface area contributed by atoms with Gasteiger partial charge in [0.1, 0.15) is 11.3 Å². The quantitative estimate of drug-likeness (QED) is 0.824. The number of aromatic hydroxyl groups is 1. The zero-order valence-electron chi connectivity index (χ0n) is 14.0. The number of hydrogen-bond acceptors (Lipinski definition) is 5. The maximum absolute atomic E-state index is 13.0. The Balaban J connectivity index is 2.46. The number of phenolic OH excluding ortho intramolecular Hbond substituents is 1. The van der Waals surface area contributed by atoms with Gasteiger partial charge in [-0.15, -0.1) is 0 Å². The number of fused-ring (bicyclic) bond motifs is 1. The largest absolute Gasteiger partial charge is 0.508 e. The molecule has 0 saturated carbocycles. The normalized spacial score (nSPS) is 13.0. The van der Waals surface area contributed by atoms with Crippen LogP contribution in [0, 0.1) is 13.8 Å². The molecule has 3 rings (SSSR count). The van der Waals surface area contributed by atoms with Crippen molar-refractivity contribution in [3.05, 3.63) is 44.9 Å². The summed E-state index contributed by atoms with van der Waals surface area (Å²) in [6, 6.07) is 3.31. The molecule has 0 atom stereocenters. The molecule has 1 aliphatic heterocycles. The fraction of sp³-hybridized carbons (Fsp3) is 0.333. The molecule has 0 fully saturated rings. The molecule has 0 unspecified atom stereocenters. The van der Waals surface area contributed by atoms with E-state index in [-0.39, 0.29) is 28.1 Å². The number of ether oxygens (including phenoxy) is 1. The molecule has 6 nitrogen and oxygen atoms in total. The van der Waals surface area contributed by atoms with Gasteiger partial charge < -0.3 is 20.1 Å². The highest BCUT2D eigenvalue weighted by Gasteiger charge is 2.29. The van der Waals surface area contributed by atoms with Crippen molar-refractivity contribution in [2.75, 3.05) is 12.8 Å². The summed E-state index contributed by atoms with van der Waals surface area (Å²) >= 11 is 0. The molecule has 1 aliphatic rings. The molecule has 0 radical (unpaired) electrons. The number of aryl methyl sites for hydroxylation is 1. The topological polar surface area (TPSA) is 94.6 Å². The standard InChI is InChI=1S/C18H20N2O4/c1-9-6-7-12(21)10(2)13(9)15-16(19)14(18(23)24-3)11-5-4-8-20(11)17(15)22/h6-7,21H,4-5,8,19H2,1-3H3. The summed E-state index contributed by atoms with van der Waals surface area (Å²) in [5.41, 5.74) is 9.23. The number of nitrogens with zero attached hydrogens (tertiary/aromatic N) is 1. The maximum Gasteiger partial charge on any atom is 0.341 e. The fourth-order valence-corrected chi connectivity index (χ4v) is 3.48. The smallest absolute Gasteiger partial charge is 0.341 e. The average Bonchev–Trinajstić information content (AvgIpc) is 3.03. The molecule has 2 heterocycles. The molecular formula is C18H20N2O4. The van der Waals surface area contributed by atoms with Crippen molar-refractivity contribution in [3.63, 3.8) is 0 Å². The summed E-state index contributed by atoms with van der Waals surface area (Å²) in [6.07, 6.45) is 1.39. The SMILES string of the molecule is COC(=O)c1c(N)c(-c2c(C)ccc(O)c2C)c(=O)n2c1CCC2. The van der Waals surface area contributed by atoms with E-state index in [0.717, 1.165) is 12.0 Å². The van der Waals surface area contributed by atoms with E-state index >= 15 is 0 Å². The summed E-state index contributed by atoms with van der Waals surface area (Å²) in [6.45, 7) is 4.12. The van der Waals surface area contributed by atoms with E-state index < -0.39 is 5.97 Å². The number of aromatic nitrogens is 1.